The topological polar surface area (TPSA) is 29.5 Å². The van der Waals surface area contributed by atoms with E-state index in [-0.39, 0.29) is 16.6 Å². The number of benzene rings is 1. The second-order valence-electron chi connectivity index (χ2n) is 9.60. The summed E-state index contributed by atoms with van der Waals surface area (Å²) in [6, 6.07) is 4.66. The van der Waals surface area contributed by atoms with Gasteiger partial charge in [-0.05, 0) is 84.4 Å². The van der Waals surface area contributed by atoms with Crippen LogP contribution >= 0.6 is 0 Å². The fourth-order valence-electron chi connectivity index (χ4n) is 3.98. The average Bonchev–Trinajstić information content (AvgIpc) is 2.62. The third kappa shape index (κ3) is 5.65. The first-order valence-corrected chi connectivity index (χ1v) is 10.7. The number of hydrogen-bond donors (Lipinski definition) is 1. The number of fused-ring (bicyclic) bond motifs is 1. The molecule has 0 saturated heterocycles. The van der Waals surface area contributed by atoms with Crippen molar-refractivity contribution in [3.63, 3.8) is 0 Å². The van der Waals surface area contributed by atoms with Gasteiger partial charge < -0.3 is 9.84 Å². The van der Waals surface area contributed by atoms with E-state index in [0.717, 1.165) is 24.4 Å². The Morgan fingerprint density at radius 2 is 1.69 bits per heavy atom. The van der Waals surface area contributed by atoms with Crippen molar-refractivity contribution in [3.05, 3.63) is 71.0 Å². The normalized spacial score (nSPS) is 18.6. The standard InChI is InChI=1S/C27H38O2/c1-9-15-29-25-18-24-23(26(5,6)13-14-27(24,7)8)17-22(25)20(3)12-10-11-19(2)16-21(4)28/h10-12,16-18,28H,4,9,13-15H2,1-3,5-8H3/b11-10+,19-16+,20-12-. The Bertz CT molecular complexity index is 848. The fourth-order valence-corrected chi connectivity index (χ4v) is 3.98. The zero-order valence-corrected chi connectivity index (χ0v) is 19.4. The van der Waals surface area contributed by atoms with Crippen LogP contribution in [0.15, 0.2) is 54.3 Å². The second kappa shape index (κ2) is 9.07. The summed E-state index contributed by atoms with van der Waals surface area (Å²) < 4.78 is 6.19. The van der Waals surface area contributed by atoms with Gasteiger partial charge in [0.05, 0.1) is 6.61 Å². The predicted octanol–water partition coefficient (Wildman–Crippen LogP) is 7.80. The Morgan fingerprint density at radius 1 is 1.10 bits per heavy atom. The number of aliphatic hydroxyl groups excluding tert-OH is 1. The van der Waals surface area contributed by atoms with E-state index < -0.39 is 0 Å². The Labute approximate surface area is 177 Å². The molecule has 0 saturated carbocycles. The third-order valence-corrected chi connectivity index (χ3v) is 5.94. The van der Waals surface area contributed by atoms with Crippen molar-refractivity contribution in [1.29, 1.82) is 0 Å². The van der Waals surface area contributed by atoms with Crippen LogP contribution in [0.3, 0.4) is 0 Å². The van der Waals surface area contributed by atoms with Crippen molar-refractivity contribution >= 4 is 5.57 Å². The van der Waals surface area contributed by atoms with E-state index >= 15 is 0 Å². The molecule has 0 radical (unpaired) electrons. The number of allylic oxidation sites excluding steroid dienone is 6. The summed E-state index contributed by atoms with van der Waals surface area (Å²) in [5.41, 5.74) is 6.49. The van der Waals surface area contributed by atoms with Gasteiger partial charge in [0.25, 0.3) is 0 Å². The van der Waals surface area contributed by atoms with Crippen LogP contribution in [0.25, 0.3) is 5.57 Å². The van der Waals surface area contributed by atoms with Gasteiger partial charge in [-0.25, -0.2) is 0 Å². The first kappa shape index (κ1) is 23.1. The molecule has 0 atom stereocenters. The number of hydrogen-bond acceptors (Lipinski definition) is 2. The third-order valence-electron chi connectivity index (χ3n) is 5.94. The first-order valence-electron chi connectivity index (χ1n) is 10.7. The molecule has 158 valence electrons. The largest absolute Gasteiger partial charge is 0.509 e. The van der Waals surface area contributed by atoms with E-state index in [0.29, 0.717) is 0 Å². The van der Waals surface area contributed by atoms with Gasteiger partial charge in [0.1, 0.15) is 11.5 Å². The minimum atomic E-state index is 0.0719. The number of aliphatic hydroxyl groups is 1. The lowest BCUT2D eigenvalue weighted by Gasteiger charge is -2.42. The molecule has 2 rings (SSSR count). The molecule has 0 aromatic heterocycles. The predicted molar refractivity (Wildman–Crippen MR) is 126 cm³/mol. The van der Waals surface area contributed by atoms with Crippen molar-refractivity contribution in [1.82, 2.24) is 0 Å². The highest BCUT2D eigenvalue weighted by Gasteiger charge is 2.38. The monoisotopic (exact) mass is 394 g/mol. The van der Waals surface area contributed by atoms with E-state index in [2.05, 4.69) is 66.3 Å². The van der Waals surface area contributed by atoms with E-state index in [4.69, 9.17) is 4.74 Å². The van der Waals surface area contributed by atoms with Gasteiger partial charge in [0, 0.05) is 5.56 Å². The molecular weight excluding hydrogens is 356 g/mol. The highest BCUT2D eigenvalue weighted by atomic mass is 16.5. The quantitative estimate of drug-likeness (QED) is 0.377. The summed E-state index contributed by atoms with van der Waals surface area (Å²) in [6.45, 7) is 19.8. The maximum absolute atomic E-state index is 9.30. The molecule has 0 unspecified atom stereocenters. The molecule has 1 N–H and O–H groups in total. The lowest BCUT2D eigenvalue weighted by atomic mass is 9.62. The first-order chi connectivity index (χ1) is 13.5. The van der Waals surface area contributed by atoms with Gasteiger partial charge in [-0.15, -0.1) is 0 Å². The summed E-state index contributed by atoms with van der Waals surface area (Å²) in [5.74, 6) is 1.05. The minimum Gasteiger partial charge on any atom is -0.509 e. The Kier molecular flexibility index (Phi) is 7.21. The van der Waals surface area contributed by atoms with Crippen LogP contribution in [-0.4, -0.2) is 11.7 Å². The molecular formula is C27H38O2. The van der Waals surface area contributed by atoms with Crippen LogP contribution in [0.1, 0.15) is 84.4 Å². The molecule has 29 heavy (non-hydrogen) atoms. The van der Waals surface area contributed by atoms with E-state index in [1.165, 1.54) is 35.1 Å². The van der Waals surface area contributed by atoms with Crippen LogP contribution in [0, 0.1) is 0 Å². The molecule has 1 aliphatic carbocycles. The zero-order chi connectivity index (χ0) is 21.8. The van der Waals surface area contributed by atoms with Gasteiger partial charge >= 0.3 is 0 Å². The summed E-state index contributed by atoms with van der Waals surface area (Å²) >= 11 is 0. The Balaban J connectivity index is 2.53. The highest BCUT2D eigenvalue weighted by molar-refractivity contribution is 5.72. The Morgan fingerprint density at radius 3 is 2.24 bits per heavy atom. The van der Waals surface area contributed by atoms with Crippen LogP contribution in [-0.2, 0) is 10.8 Å². The van der Waals surface area contributed by atoms with Crippen molar-refractivity contribution in [3.8, 4) is 5.75 Å². The minimum absolute atomic E-state index is 0.0719. The number of rotatable bonds is 7. The van der Waals surface area contributed by atoms with Crippen LogP contribution in [0.5, 0.6) is 5.75 Å². The molecule has 2 heteroatoms. The maximum atomic E-state index is 9.30. The maximum Gasteiger partial charge on any atom is 0.127 e. The molecule has 0 bridgehead atoms. The summed E-state index contributed by atoms with van der Waals surface area (Å²) in [5, 5.41) is 9.30. The molecule has 0 amide bonds. The fraction of sp³-hybridized carbons (Fsp3) is 0.481. The lowest BCUT2D eigenvalue weighted by molar-refractivity contribution is 0.306. The highest BCUT2D eigenvalue weighted by Crippen LogP contribution is 2.48. The van der Waals surface area contributed by atoms with Crippen LogP contribution in [0.2, 0.25) is 0 Å². The van der Waals surface area contributed by atoms with Crippen molar-refractivity contribution in [2.45, 2.75) is 78.6 Å². The van der Waals surface area contributed by atoms with Crippen molar-refractivity contribution in [2.24, 2.45) is 0 Å². The molecule has 0 fully saturated rings. The van der Waals surface area contributed by atoms with Crippen LogP contribution in [0.4, 0.5) is 0 Å². The summed E-state index contributed by atoms with van der Waals surface area (Å²) in [7, 11) is 0. The van der Waals surface area contributed by atoms with Crippen LogP contribution < -0.4 is 4.74 Å². The van der Waals surface area contributed by atoms with Gasteiger partial charge in [0.15, 0.2) is 0 Å². The molecule has 0 aliphatic heterocycles. The molecule has 1 aromatic carbocycles. The van der Waals surface area contributed by atoms with E-state index in [9.17, 15) is 5.11 Å². The SMILES string of the molecule is C=C(O)/C=C(C)/C=C/C=C(/C)c1cc2c(cc1OCCC)C(C)(C)CCC2(C)C. The molecule has 0 heterocycles. The Hall–Kier alpha value is -2.22. The molecule has 1 aliphatic rings. The molecule has 1 aromatic rings. The van der Waals surface area contributed by atoms with E-state index in [1.807, 2.05) is 19.1 Å². The zero-order valence-electron chi connectivity index (χ0n) is 19.4. The van der Waals surface area contributed by atoms with Gasteiger partial charge in [-0.1, -0.05) is 59.4 Å². The second-order valence-corrected chi connectivity index (χ2v) is 9.60. The average molecular weight is 395 g/mol. The van der Waals surface area contributed by atoms with Gasteiger partial charge in [-0.2, -0.15) is 0 Å². The summed E-state index contributed by atoms with van der Waals surface area (Å²) in [4.78, 5) is 0. The van der Waals surface area contributed by atoms with E-state index in [1.54, 1.807) is 6.08 Å². The summed E-state index contributed by atoms with van der Waals surface area (Å²) in [6.07, 6.45) is 11.1. The lowest BCUT2D eigenvalue weighted by Crippen LogP contribution is -2.34. The number of ether oxygens (including phenoxy) is 1. The van der Waals surface area contributed by atoms with Crippen molar-refractivity contribution < 1.29 is 9.84 Å². The smallest absolute Gasteiger partial charge is 0.127 e. The van der Waals surface area contributed by atoms with Gasteiger partial charge in [-0.3, -0.25) is 0 Å². The van der Waals surface area contributed by atoms with Gasteiger partial charge in [0.2, 0.25) is 0 Å². The molecule has 0 spiro atoms. The van der Waals surface area contributed by atoms with Crippen molar-refractivity contribution in [2.75, 3.05) is 6.61 Å². The molecule has 2 nitrogen and oxygen atoms in total.